The van der Waals surface area contributed by atoms with Gasteiger partial charge in [0.1, 0.15) is 0 Å². The fourth-order valence-electron chi connectivity index (χ4n) is 2.57. The van der Waals surface area contributed by atoms with E-state index in [9.17, 15) is 4.79 Å². The summed E-state index contributed by atoms with van der Waals surface area (Å²) in [5.74, 6) is -0.209. The zero-order valence-electron chi connectivity index (χ0n) is 13.9. The molecule has 0 unspecified atom stereocenters. The highest BCUT2D eigenvalue weighted by Gasteiger charge is 2.52. The molecule has 116 valence electrons. The number of ether oxygens (including phenoxy) is 1. The Balaban J connectivity index is 2.18. The summed E-state index contributed by atoms with van der Waals surface area (Å²) in [6, 6.07) is 0. The molecule has 0 aromatic rings. The molecule has 0 atom stereocenters. The predicted octanol–water partition coefficient (Wildman–Crippen LogP) is 3.22. The summed E-state index contributed by atoms with van der Waals surface area (Å²) < 4.78 is 17.2. The largest absolute Gasteiger partial charge is 0.490 e. The van der Waals surface area contributed by atoms with Gasteiger partial charge in [-0.2, -0.15) is 0 Å². The maximum absolute atomic E-state index is 11.9. The van der Waals surface area contributed by atoms with E-state index >= 15 is 0 Å². The van der Waals surface area contributed by atoms with E-state index in [2.05, 4.69) is 0 Å². The second-order valence-electron chi connectivity index (χ2n) is 6.69. The van der Waals surface area contributed by atoms with Crippen molar-refractivity contribution in [2.45, 2.75) is 65.6 Å². The molecule has 0 N–H and O–H groups in total. The van der Waals surface area contributed by atoms with Crippen LogP contribution in [0.15, 0.2) is 22.7 Å². The van der Waals surface area contributed by atoms with E-state index in [1.807, 2.05) is 47.6 Å². The van der Waals surface area contributed by atoms with Crippen LogP contribution in [0.1, 0.15) is 54.4 Å². The van der Waals surface area contributed by atoms with E-state index in [0.717, 1.165) is 23.0 Å². The van der Waals surface area contributed by atoms with Gasteiger partial charge < -0.3 is 14.0 Å². The Labute approximate surface area is 127 Å². The molecule has 0 radical (unpaired) electrons. The molecule has 21 heavy (non-hydrogen) atoms. The first kappa shape index (κ1) is 16.3. The number of carbonyl (C=O) groups excluding carboxylic acids is 1. The summed E-state index contributed by atoms with van der Waals surface area (Å²) in [4.78, 5) is 11.9. The average Bonchev–Trinajstić information content (AvgIpc) is 2.58. The minimum atomic E-state index is -0.336. The van der Waals surface area contributed by atoms with E-state index in [1.54, 1.807) is 0 Å². The van der Waals surface area contributed by atoms with Gasteiger partial charge in [0.15, 0.2) is 0 Å². The summed E-state index contributed by atoms with van der Waals surface area (Å²) in [5.41, 5.74) is 2.13. The van der Waals surface area contributed by atoms with Crippen LogP contribution in [-0.4, -0.2) is 30.9 Å². The van der Waals surface area contributed by atoms with Crippen LogP contribution in [0.2, 0.25) is 0 Å². The Morgan fingerprint density at radius 2 is 1.81 bits per heavy atom. The SMILES string of the molecule is CCOC(=O)C1=C(C)C=C(B2OC(C)(C)C(C)(C)O2)CC1. The summed E-state index contributed by atoms with van der Waals surface area (Å²) in [6.45, 7) is 12.3. The van der Waals surface area contributed by atoms with Crippen molar-refractivity contribution in [3.63, 3.8) is 0 Å². The second-order valence-corrected chi connectivity index (χ2v) is 6.69. The van der Waals surface area contributed by atoms with Crippen LogP contribution in [0.3, 0.4) is 0 Å². The summed E-state index contributed by atoms with van der Waals surface area (Å²) >= 11 is 0. The number of esters is 1. The van der Waals surface area contributed by atoms with Gasteiger partial charge in [-0.25, -0.2) is 4.79 Å². The first-order chi connectivity index (χ1) is 9.68. The van der Waals surface area contributed by atoms with Crippen LogP contribution in [0.5, 0.6) is 0 Å². The molecule has 2 aliphatic rings. The summed E-state index contributed by atoms with van der Waals surface area (Å²) in [5, 5.41) is 0. The monoisotopic (exact) mass is 292 g/mol. The quantitative estimate of drug-likeness (QED) is 0.592. The van der Waals surface area contributed by atoms with Gasteiger partial charge in [0, 0.05) is 5.57 Å². The van der Waals surface area contributed by atoms with Gasteiger partial charge >= 0.3 is 13.1 Å². The van der Waals surface area contributed by atoms with Crippen LogP contribution in [0, 0.1) is 0 Å². The third kappa shape index (κ3) is 3.09. The minimum absolute atomic E-state index is 0.209. The lowest BCUT2D eigenvalue weighted by molar-refractivity contribution is -0.138. The maximum Gasteiger partial charge on any atom is 0.490 e. The van der Waals surface area contributed by atoms with Gasteiger partial charge in [0.25, 0.3) is 0 Å². The highest BCUT2D eigenvalue weighted by molar-refractivity contribution is 6.54. The van der Waals surface area contributed by atoms with Crippen molar-refractivity contribution in [2.24, 2.45) is 0 Å². The molecule has 0 bridgehead atoms. The number of hydrogen-bond acceptors (Lipinski definition) is 4. The number of rotatable bonds is 3. The first-order valence-corrected chi connectivity index (χ1v) is 7.61. The first-order valence-electron chi connectivity index (χ1n) is 7.61. The molecule has 4 nitrogen and oxygen atoms in total. The Morgan fingerprint density at radius 3 is 2.29 bits per heavy atom. The van der Waals surface area contributed by atoms with Crippen molar-refractivity contribution in [1.82, 2.24) is 0 Å². The van der Waals surface area contributed by atoms with Crippen molar-refractivity contribution < 1.29 is 18.8 Å². The Kier molecular flexibility index (Phi) is 4.36. The zero-order chi connectivity index (χ0) is 15.8. The predicted molar refractivity (Wildman–Crippen MR) is 82.7 cm³/mol. The Bertz CT molecular complexity index is 486. The van der Waals surface area contributed by atoms with Crippen LogP contribution >= 0.6 is 0 Å². The van der Waals surface area contributed by atoms with E-state index in [0.29, 0.717) is 13.0 Å². The topological polar surface area (TPSA) is 44.8 Å². The second kappa shape index (κ2) is 5.62. The number of allylic oxidation sites excluding steroid dienone is 3. The van der Waals surface area contributed by atoms with Crippen molar-refractivity contribution in [2.75, 3.05) is 6.61 Å². The minimum Gasteiger partial charge on any atom is -0.463 e. The molecule has 0 amide bonds. The third-order valence-electron chi connectivity index (χ3n) is 4.62. The normalized spacial score (nSPS) is 24.1. The Morgan fingerprint density at radius 1 is 1.24 bits per heavy atom. The molecule has 1 heterocycles. The molecule has 2 rings (SSSR count). The van der Waals surface area contributed by atoms with E-state index in [4.69, 9.17) is 14.0 Å². The molecular formula is C16H25BO4. The lowest BCUT2D eigenvalue weighted by atomic mass is 9.71. The average molecular weight is 292 g/mol. The summed E-state index contributed by atoms with van der Waals surface area (Å²) in [7, 11) is -0.325. The molecule has 1 aliphatic heterocycles. The Hall–Kier alpha value is -1.07. The summed E-state index contributed by atoms with van der Waals surface area (Å²) in [6.07, 6.45) is 3.46. The van der Waals surface area contributed by atoms with Gasteiger partial charge in [0.05, 0.1) is 17.8 Å². The van der Waals surface area contributed by atoms with E-state index in [1.165, 1.54) is 0 Å². The van der Waals surface area contributed by atoms with Gasteiger partial charge in [-0.3, -0.25) is 0 Å². The van der Waals surface area contributed by atoms with E-state index in [-0.39, 0.29) is 24.3 Å². The molecule has 5 heteroatoms. The smallest absolute Gasteiger partial charge is 0.463 e. The highest BCUT2D eigenvalue weighted by Crippen LogP contribution is 2.40. The third-order valence-corrected chi connectivity index (χ3v) is 4.62. The lowest BCUT2D eigenvalue weighted by Crippen LogP contribution is -2.41. The van der Waals surface area contributed by atoms with Crippen molar-refractivity contribution in [3.05, 3.63) is 22.7 Å². The van der Waals surface area contributed by atoms with Crippen molar-refractivity contribution >= 4 is 13.1 Å². The van der Waals surface area contributed by atoms with Crippen LogP contribution in [0.25, 0.3) is 0 Å². The van der Waals surface area contributed by atoms with Gasteiger partial charge in [0.2, 0.25) is 0 Å². The molecule has 0 saturated carbocycles. The van der Waals surface area contributed by atoms with Gasteiger partial charge in [-0.05, 0) is 65.4 Å². The fraction of sp³-hybridized carbons (Fsp3) is 0.688. The molecule has 0 spiro atoms. The fourth-order valence-corrected chi connectivity index (χ4v) is 2.57. The lowest BCUT2D eigenvalue weighted by Gasteiger charge is -2.32. The maximum atomic E-state index is 11.9. The molecule has 0 aromatic heterocycles. The molecule has 1 aliphatic carbocycles. The molecular weight excluding hydrogens is 267 g/mol. The van der Waals surface area contributed by atoms with Gasteiger partial charge in [-0.15, -0.1) is 0 Å². The molecule has 1 fully saturated rings. The number of hydrogen-bond donors (Lipinski definition) is 0. The van der Waals surface area contributed by atoms with Crippen molar-refractivity contribution in [1.29, 1.82) is 0 Å². The number of carbonyl (C=O) groups is 1. The van der Waals surface area contributed by atoms with Crippen LogP contribution in [-0.2, 0) is 18.8 Å². The van der Waals surface area contributed by atoms with Crippen LogP contribution in [0.4, 0.5) is 0 Å². The molecule has 1 saturated heterocycles. The zero-order valence-corrected chi connectivity index (χ0v) is 13.9. The van der Waals surface area contributed by atoms with Gasteiger partial charge in [-0.1, -0.05) is 6.08 Å². The standard InChI is InChI=1S/C16H25BO4/c1-7-19-14(18)13-9-8-12(10-11(13)2)17-20-15(3,4)16(5,6)21-17/h10H,7-9H2,1-6H3. The van der Waals surface area contributed by atoms with E-state index < -0.39 is 0 Å². The van der Waals surface area contributed by atoms with Crippen LogP contribution < -0.4 is 0 Å². The van der Waals surface area contributed by atoms with Crippen molar-refractivity contribution in [3.8, 4) is 0 Å². The molecule has 0 aromatic carbocycles. The highest BCUT2D eigenvalue weighted by atomic mass is 16.7.